The Morgan fingerprint density at radius 1 is 1.19 bits per heavy atom. The van der Waals surface area contributed by atoms with Crippen LogP contribution < -0.4 is 5.32 Å². The van der Waals surface area contributed by atoms with E-state index in [1.807, 2.05) is 0 Å². The number of carbonyl (C=O) groups is 1. The predicted molar refractivity (Wildman–Crippen MR) is 78.7 cm³/mol. The van der Waals surface area contributed by atoms with Gasteiger partial charge in [-0.25, -0.2) is 4.79 Å². The van der Waals surface area contributed by atoms with Crippen LogP contribution in [-0.4, -0.2) is 39.8 Å². The Bertz CT molecular complexity index is 487. The van der Waals surface area contributed by atoms with Crippen molar-refractivity contribution in [2.75, 3.05) is 6.54 Å². The maximum atomic E-state index is 12.6. The SMILES string of the molecule is C[C@@]1(C2CC2)CN(C2[C@@H]3CC4C[C@@H]2CC(O)(C4)C3)C(=O)N1. The topological polar surface area (TPSA) is 52.6 Å². The number of nitrogens with one attached hydrogen (secondary N) is 1. The Labute approximate surface area is 126 Å². The summed E-state index contributed by atoms with van der Waals surface area (Å²) < 4.78 is 0. The minimum atomic E-state index is -0.400. The van der Waals surface area contributed by atoms with E-state index in [4.69, 9.17) is 0 Å². The molecule has 0 unspecified atom stereocenters. The van der Waals surface area contributed by atoms with E-state index in [-0.39, 0.29) is 11.6 Å². The number of aliphatic hydroxyl groups is 1. The molecule has 6 aliphatic rings. The molecule has 4 nitrogen and oxygen atoms in total. The summed E-state index contributed by atoms with van der Waals surface area (Å²) in [5.41, 5.74) is -0.397. The van der Waals surface area contributed by atoms with Gasteiger partial charge in [0.25, 0.3) is 0 Å². The molecule has 0 spiro atoms. The van der Waals surface area contributed by atoms with Crippen molar-refractivity contribution in [3.05, 3.63) is 0 Å². The van der Waals surface area contributed by atoms with Crippen LogP contribution in [0.15, 0.2) is 0 Å². The minimum absolute atomic E-state index is 0.00263. The second-order valence-corrected chi connectivity index (χ2v) is 8.93. The zero-order chi connectivity index (χ0) is 14.4. The highest BCUT2D eigenvalue weighted by atomic mass is 16.3. The average molecular weight is 290 g/mol. The maximum absolute atomic E-state index is 12.6. The van der Waals surface area contributed by atoms with Crippen molar-refractivity contribution < 1.29 is 9.90 Å². The Morgan fingerprint density at radius 2 is 1.86 bits per heavy atom. The fourth-order valence-electron chi connectivity index (χ4n) is 6.44. The molecule has 21 heavy (non-hydrogen) atoms. The molecule has 1 aliphatic heterocycles. The van der Waals surface area contributed by atoms with Crippen LogP contribution in [0.25, 0.3) is 0 Å². The summed E-state index contributed by atoms with van der Waals surface area (Å²) in [5.74, 6) is 2.47. The molecule has 0 aromatic heterocycles. The zero-order valence-electron chi connectivity index (χ0n) is 12.8. The average Bonchev–Trinajstić information content (AvgIpc) is 3.15. The third kappa shape index (κ3) is 1.74. The molecule has 2 N–H and O–H groups in total. The lowest BCUT2D eigenvalue weighted by molar-refractivity contribution is -0.152. The van der Waals surface area contributed by atoms with E-state index in [2.05, 4.69) is 17.1 Å². The van der Waals surface area contributed by atoms with Crippen molar-refractivity contribution in [1.29, 1.82) is 0 Å². The monoisotopic (exact) mass is 290 g/mol. The van der Waals surface area contributed by atoms with E-state index < -0.39 is 5.60 Å². The summed E-state index contributed by atoms with van der Waals surface area (Å²) >= 11 is 0. The molecule has 0 aromatic carbocycles. The summed E-state index contributed by atoms with van der Waals surface area (Å²) in [4.78, 5) is 14.7. The first-order chi connectivity index (χ1) is 9.96. The van der Waals surface area contributed by atoms with E-state index in [1.165, 1.54) is 25.7 Å². The summed E-state index contributed by atoms with van der Waals surface area (Å²) in [6.45, 7) is 3.11. The molecule has 0 aromatic rings. The molecule has 1 heterocycles. The van der Waals surface area contributed by atoms with Crippen LogP contribution >= 0.6 is 0 Å². The fourth-order valence-corrected chi connectivity index (χ4v) is 6.44. The molecule has 0 radical (unpaired) electrons. The van der Waals surface area contributed by atoms with E-state index in [0.29, 0.717) is 29.7 Å². The van der Waals surface area contributed by atoms with Crippen molar-refractivity contribution in [1.82, 2.24) is 10.2 Å². The lowest BCUT2D eigenvalue weighted by atomic mass is 9.52. The van der Waals surface area contributed by atoms with Gasteiger partial charge in [-0.15, -0.1) is 0 Å². The molecule has 2 amide bonds. The largest absolute Gasteiger partial charge is 0.390 e. The molecule has 6 rings (SSSR count). The van der Waals surface area contributed by atoms with E-state index in [9.17, 15) is 9.90 Å². The summed E-state index contributed by atoms with van der Waals surface area (Å²) in [7, 11) is 0. The minimum Gasteiger partial charge on any atom is -0.390 e. The Morgan fingerprint density at radius 3 is 2.43 bits per heavy atom. The van der Waals surface area contributed by atoms with E-state index in [0.717, 1.165) is 25.8 Å². The molecule has 5 saturated carbocycles. The van der Waals surface area contributed by atoms with Gasteiger partial charge in [0.2, 0.25) is 0 Å². The first kappa shape index (κ1) is 12.7. The maximum Gasteiger partial charge on any atom is 0.318 e. The molecule has 5 aliphatic carbocycles. The third-order valence-corrected chi connectivity index (χ3v) is 7.18. The standard InChI is InChI=1S/C17H26N2O2/c1-16(13-2-3-13)9-19(15(20)18-16)14-11-4-10-5-12(14)8-17(21,6-10)7-11/h10-14,21H,2-9H2,1H3,(H,18,20)/t10?,11-,12-,14?,16+,17?/m1/s1. The number of rotatable bonds is 2. The van der Waals surface area contributed by atoms with Gasteiger partial charge >= 0.3 is 6.03 Å². The summed E-state index contributed by atoms with van der Waals surface area (Å²) in [6, 6.07) is 0.552. The van der Waals surface area contributed by atoms with Crippen LogP contribution in [-0.2, 0) is 0 Å². The number of carbonyl (C=O) groups excluding carboxylic acids is 1. The van der Waals surface area contributed by atoms with Gasteiger partial charge in [0, 0.05) is 12.6 Å². The Kier molecular flexibility index (Phi) is 2.28. The predicted octanol–water partition coefficient (Wildman–Crippen LogP) is 2.12. The van der Waals surface area contributed by atoms with Gasteiger partial charge in [0.1, 0.15) is 0 Å². The Balaban J connectivity index is 1.42. The van der Waals surface area contributed by atoms with Crippen LogP contribution in [0.1, 0.15) is 51.9 Å². The molecular weight excluding hydrogens is 264 g/mol. The molecule has 4 heteroatoms. The lowest BCUT2D eigenvalue weighted by Gasteiger charge is -2.59. The van der Waals surface area contributed by atoms with Crippen LogP contribution in [0.2, 0.25) is 0 Å². The molecule has 116 valence electrons. The number of amides is 2. The van der Waals surface area contributed by atoms with Gasteiger partial charge < -0.3 is 15.3 Å². The van der Waals surface area contributed by atoms with Crippen LogP contribution in [0.3, 0.4) is 0 Å². The van der Waals surface area contributed by atoms with E-state index in [1.54, 1.807) is 0 Å². The van der Waals surface area contributed by atoms with Gasteiger partial charge in [-0.2, -0.15) is 0 Å². The molecule has 6 fully saturated rings. The Hall–Kier alpha value is -0.770. The number of urea groups is 1. The van der Waals surface area contributed by atoms with Gasteiger partial charge in [0.05, 0.1) is 11.1 Å². The van der Waals surface area contributed by atoms with Crippen LogP contribution in [0, 0.1) is 23.7 Å². The second kappa shape index (κ2) is 3.76. The third-order valence-electron chi connectivity index (χ3n) is 7.18. The number of hydrogen-bond acceptors (Lipinski definition) is 2. The number of nitrogens with zero attached hydrogens (tertiary/aromatic N) is 1. The van der Waals surface area contributed by atoms with E-state index >= 15 is 0 Å². The van der Waals surface area contributed by atoms with Gasteiger partial charge in [-0.3, -0.25) is 0 Å². The molecular formula is C17H26N2O2. The lowest BCUT2D eigenvalue weighted by Crippen LogP contribution is -2.62. The van der Waals surface area contributed by atoms with Crippen molar-refractivity contribution in [3.8, 4) is 0 Å². The smallest absolute Gasteiger partial charge is 0.318 e. The molecule has 4 bridgehead atoms. The first-order valence-electron chi connectivity index (χ1n) is 8.77. The van der Waals surface area contributed by atoms with Crippen LogP contribution in [0.4, 0.5) is 4.79 Å². The van der Waals surface area contributed by atoms with Crippen molar-refractivity contribution >= 4 is 6.03 Å². The first-order valence-corrected chi connectivity index (χ1v) is 8.77. The van der Waals surface area contributed by atoms with Crippen molar-refractivity contribution in [3.63, 3.8) is 0 Å². The highest BCUT2D eigenvalue weighted by molar-refractivity contribution is 5.78. The van der Waals surface area contributed by atoms with Gasteiger partial charge in [-0.05, 0) is 75.5 Å². The quantitative estimate of drug-likeness (QED) is 0.818. The van der Waals surface area contributed by atoms with Crippen molar-refractivity contribution in [2.24, 2.45) is 23.7 Å². The highest BCUT2D eigenvalue weighted by Crippen LogP contribution is 2.57. The normalized spacial score (nSPS) is 55.1. The summed E-state index contributed by atoms with van der Waals surface area (Å²) in [5, 5.41) is 14.0. The van der Waals surface area contributed by atoms with Crippen LogP contribution in [0.5, 0.6) is 0 Å². The molecule has 3 atom stereocenters. The molecule has 1 saturated heterocycles. The van der Waals surface area contributed by atoms with Crippen molar-refractivity contribution in [2.45, 2.75) is 69.1 Å². The highest BCUT2D eigenvalue weighted by Gasteiger charge is 2.59. The zero-order valence-corrected chi connectivity index (χ0v) is 12.8. The second-order valence-electron chi connectivity index (χ2n) is 8.93. The fraction of sp³-hybridized carbons (Fsp3) is 0.941. The van der Waals surface area contributed by atoms with Gasteiger partial charge in [0.15, 0.2) is 0 Å². The number of hydrogen-bond donors (Lipinski definition) is 2. The summed E-state index contributed by atoms with van der Waals surface area (Å²) in [6.07, 6.45) is 7.86. The van der Waals surface area contributed by atoms with Gasteiger partial charge in [-0.1, -0.05) is 0 Å².